The molecule has 0 aliphatic carbocycles. The molecule has 1 unspecified atom stereocenters. The van der Waals surface area contributed by atoms with Crippen LogP contribution >= 0.6 is 0 Å². The molecule has 1 aliphatic heterocycles. The van der Waals surface area contributed by atoms with Crippen molar-refractivity contribution in [2.45, 2.75) is 26.3 Å². The zero-order chi connectivity index (χ0) is 11.4. The molecule has 5 heteroatoms. The third-order valence-corrected chi connectivity index (χ3v) is 2.94. The van der Waals surface area contributed by atoms with Gasteiger partial charge in [-0.25, -0.2) is 4.79 Å². The average molecular weight is 222 g/mol. The molecular weight excluding hydrogens is 204 g/mol. The van der Waals surface area contributed by atoms with Gasteiger partial charge >= 0.3 is 6.03 Å². The first-order chi connectivity index (χ1) is 7.75. The van der Waals surface area contributed by atoms with Crippen LogP contribution in [0.4, 0.5) is 4.79 Å². The highest BCUT2D eigenvalue weighted by Crippen LogP contribution is 2.15. The Hall–Kier alpha value is -1.52. The van der Waals surface area contributed by atoms with Gasteiger partial charge in [0.2, 0.25) is 0 Å². The zero-order valence-corrected chi connectivity index (χ0v) is 9.57. The Morgan fingerprint density at radius 3 is 3.31 bits per heavy atom. The van der Waals surface area contributed by atoms with Gasteiger partial charge in [0.1, 0.15) is 0 Å². The topological polar surface area (TPSA) is 61.0 Å². The number of carbonyl (C=O) groups excluding carboxylic acids is 1. The summed E-state index contributed by atoms with van der Waals surface area (Å²) in [4.78, 5) is 13.7. The first-order valence-electron chi connectivity index (χ1n) is 5.76. The van der Waals surface area contributed by atoms with Crippen molar-refractivity contribution in [3.8, 4) is 0 Å². The third-order valence-electron chi connectivity index (χ3n) is 2.94. The van der Waals surface area contributed by atoms with Crippen molar-refractivity contribution in [3.63, 3.8) is 0 Å². The summed E-state index contributed by atoms with van der Waals surface area (Å²) in [5, 5.41) is 9.46. The van der Waals surface area contributed by atoms with Gasteiger partial charge in [-0.1, -0.05) is 6.92 Å². The maximum Gasteiger partial charge on any atom is 0.317 e. The van der Waals surface area contributed by atoms with Gasteiger partial charge in [-0.15, -0.1) is 0 Å². The molecule has 0 radical (unpaired) electrons. The number of H-pyrrole nitrogens is 1. The van der Waals surface area contributed by atoms with Crippen molar-refractivity contribution >= 4 is 6.03 Å². The minimum Gasteiger partial charge on any atom is -0.334 e. The van der Waals surface area contributed by atoms with Gasteiger partial charge in [0.25, 0.3) is 0 Å². The summed E-state index contributed by atoms with van der Waals surface area (Å²) in [5.74, 6) is 0.619. The average Bonchev–Trinajstić information content (AvgIpc) is 2.78. The standard InChI is InChI=1S/C11H18N4O/c1-9-3-2-4-15(8-9)11(16)12-5-10-6-13-14-7-10/h6-7,9H,2-5,8H2,1H3,(H,12,16)(H,13,14). The van der Waals surface area contributed by atoms with Crippen LogP contribution in [-0.4, -0.2) is 34.2 Å². The van der Waals surface area contributed by atoms with E-state index in [1.165, 1.54) is 6.42 Å². The Morgan fingerprint density at radius 2 is 2.62 bits per heavy atom. The van der Waals surface area contributed by atoms with Gasteiger partial charge in [0.15, 0.2) is 0 Å². The highest BCUT2D eigenvalue weighted by Gasteiger charge is 2.20. The maximum absolute atomic E-state index is 11.8. The third kappa shape index (κ3) is 2.74. The van der Waals surface area contributed by atoms with E-state index >= 15 is 0 Å². The van der Waals surface area contributed by atoms with Gasteiger partial charge in [0.05, 0.1) is 6.20 Å². The molecule has 2 N–H and O–H groups in total. The van der Waals surface area contributed by atoms with Crippen molar-refractivity contribution in [2.75, 3.05) is 13.1 Å². The number of piperidine rings is 1. The molecule has 1 aromatic heterocycles. The lowest BCUT2D eigenvalue weighted by Gasteiger charge is -2.30. The van der Waals surface area contributed by atoms with Crippen LogP contribution in [-0.2, 0) is 6.54 Å². The summed E-state index contributed by atoms with van der Waals surface area (Å²) in [6, 6.07) is 0.0350. The largest absolute Gasteiger partial charge is 0.334 e. The number of aromatic nitrogens is 2. The normalized spacial score (nSPS) is 20.8. The first-order valence-corrected chi connectivity index (χ1v) is 5.76. The van der Waals surface area contributed by atoms with E-state index in [2.05, 4.69) is 22.4 Å². The Bertz CT molecular complexity index is 336. The van der Waals surface area contributed by atoms with Gasteiger partial charge < -0.3 is 10.2 Å². The van der Waals surface area contributed by atoms with Gasteiger partial charge in [-0.05, 0) is 18.8 Å². The van der Waals surface area contributed by atoms with E-state index in [1.54, 1.807) is 12.4 Å². The molecule has 1 fully saturated rings. The lowest BCUT2D eigenvalue weighted by atomic mass is 10.0. The summed E-state index contributed by atoms with van der Waals surface area (Å²) in [5.41, 5.74) is 0.999. The molecule has 1 saturated heterocycles. The molecule has 16 heavy (non-hydrogen) atoms. The van der Waals surface area contributed by atoms with E-state index in [0.717, 1.165) is 25.1 Å². The summed E-state index contributed by atoms with van der Waals surface area (Å²) < 4.78 is 0. The van der Waals surface area contributed by atoms with E-state index in [9.17, 15) is 4.79 Å². The summed E-state index contributed by atoms with van der Waals surface area (Å²) in [7, 11) is 0. The zero-order valence-electron chi connectivity index (χ0n) is 9.57. The number of amides is 2. The summed E-state index contributed by atoms with van der Waals surface area (Å²) in [6.45, 7) is 4.48. The van der Waals surface area contributed by atoms with Gasteiger partial charge in [-0.3, -0.25) is 5.10 Å². The van der Waals surface area contributed by atoms with Crippen LogP contribution in [0.25, 0.3) is 0 Å². The Morgan fingerprint density at radius 1 is 1.75 bits per heavy atom. The molecule has 1 aliphatic rings. The summed E-state index contributed by atoms with van der Waals surface area (Å²) in [6.07, 6.45) is 5.85. The molecule has 88 valence electrons. The van der Waals surface area contributed by atoms with Crippen molar-refractivity contribution in [2.24, 2.45) is 5.92 Å². The van der Waals surface area contributed by atoms with E-state index in [-0.39, 0.29) is 6.03 Å². The van der Waals surface area contributed by atoms with Crippen LogP contribution in [0.3, 0.4) is 0 Å². The fourth-order valence-electron chi connectivity index (χ4n) is 2.04. The number of aromatic amines is 1. The monoisotopic (exact) mass is 222 g/mol. The molecule has 1 aromatic rings. The number of urea groups is 1. The second-order valence-electron chi connectivity index (χ2n) is 4.46. The molecule has 0 aromatic carbocycles. The Balaban J connectivity index is 1.79. The fourth-order valence-corrected chi connectivity index (χ4v) is 2.04. The van der Waals surface area contributed by atoms with Gasteiger partial charge in [-0.2, -0.15) is 5.10 Å². The molecule has 5 nitrogen and oxygen atoms in total. The van der Waals surface area contributed by atoms with E-state index < -0.39 is 0 Å². The lowest BCUT2D eigenvalue weighted by molar-refractivity contribution is 0.169. The van der Waals surface area contributed by atoms with E-state index in [0.29, 0.717) is 12.5 Å². The Kier molecular flexibility index (Phi) is 3.44. The minimum absolute atomic E-state index is 0.0350. The number of likely N-dealkylation sites (tertiary alicyclic amines) is 1. The number of hydrogen-bond acceptors (Lipinski definition) is 2. The molecule has 0 spiro atoms. The van der Waals surface area contributed by atoms with E-state index in [4.69, 9.17) is 0 Å². The van der Waals surface area contributed by atoms with Crippen molar-refractivity contribution in [1.29, 1.82) is 0 Å². The molecule has 0 bridgehead atoms. The van der Waals surface area contributed by atoms with Crippen LogP contribution in [0.15, 0.2) is 12.4 Å². The second kappa shape index (κ2) is 5.01. The number of carbonyl (C=O) groups is 1. The van der Waals surface area contributed by atoms with Crippen LogP contribution in [0.5, 0.6) is 0 Å². The number of rotatable bonds is 2. The van der Waals surface area contributed by atoms with Crippen molar-refractivity contribution < 1.29 is 4.79 Å². The first kappa shape index (κ1) is 11.0. The smallest absolute Gasteiger partial charge is 0.317 e. The minimum atomic E-state index is 0.0350. The fraction of sp³-hybridized carbons (Fsp3) is 0.636. The molecule has 2 heterocycles. The molecular formula is C11H18N4O. The van der Waals surface area contributed by atoms with Crippen LogP contribution in [0.1, 0.15) is 25.3 Å². The van der Waals surface area contributed by atoms with Crippen molar-refractivity contribution in [1.82, 2.24) is 20.4 Å². The van der Waals surface area contributed by atoms with Crippen LogP contribution in [0.2, 0.25) is 0 Å². The van der Waals surface area contributed by atoms with Gasteiger partial charge in [0, 0.05) is 31.4 Å². The highest BCUT2D eigenvalue weighted by atomic mass is 16.2. The summed E-state index contributed by atoms with van der Waals surface area (Å²) >= 11 is 0. The van der Waals surface area contributed by atoms with Crippen LogP contribution in [0, 0.1) is 5.92 Å². The number of nitrogens with zero attached hydrogens (tertiary/aromatic N) is 2. The quantitative estimate of drug-likeness (QED) is 0.793. The maximum atomic E-state index is 11.8. The Labute approximate surface area is 95.2 Å². The lowest BCUT2D eigenvalue weighted by Crippen LogP contribution is -2.44. The van der Waals surface area contributed by atoms with Crippen LogP contribution < -0.4 is 5.32 Å². The van der Waals surface area contributed by atoms with E-state index in [1.807, 2.05) is 4.90 Å². The predicted molar refractivity (Wildman–Crippen MR) is 60.8 cm³/mol. The second-order valence-corrected chi connectivity index (χ2v) is 4.46. The highest BCUT2D eigenvalue weighted by molar-refractivity contribution is 5.74. The molecule has 0 saturated carbocycles. The molecule has 2 rings (SSSR count). The molecule has 2 amide bonds. The predicted octanol–water partition coefficient (Wildman–Crippen LogP) is 1.35. The SMILES string of the molecule is CC1CCCN(C(=O)NCc2cn[nH]c2)C1. The van der Waals surface area contributed by atoms with Crippen molar-refractivity contribution in [3.05, 3.63) is 18.0 Å². The number of nitrogens with one attached hydrogen (secondary N) is 2. The molecule has 1 atom stereocenters. The number of hydrogen-bond donors (Lipinski definition) is 2.